The van der Waals surface area contributed by atoms with Crippen molar-refractivity contribution < 1.29 is 9.90 Å². The zero-order valence-electron chi connectivity index (χ0n) is 9.36. The number of hydrogen-bond donors (Lipinski definition) is 1. The molecule has 1 amide bonds. The summed E-state index contributed by atoms with van der Waals surface area (Å²) in [5.74, 6) is 0.675. The standard InChI is InChI=1S/C11H21NO2/c1-8(2)12(11(13)14)10-6-4-5-9(3)7-10/h8-10H,4-7H2,1-3H3,(H,13,14)/t9-,10?/m1/s1. The fraction of sp³-hybridized carbons (Fsp3) is 0.909. The lowest BCUT2D eigenvalue weighted by atomic mass is 9.86. The largest absolute Gasteiger partial charge is 0.465 e. The number of nitrogens with zero attached hydrogens (tertiary/aromatic N) is 1. The molecule has 0 aromatic rings. The summed E-state index contributed by atoms with van der Waals surface area (Å²) in [5.41, 5.74) is 0. The Bertz CT molecular complexity index is 203. The van der Waals surface area contributed by atoms with Crippen molar-refractivity contribution in [2.45, 2.75) is 58.5 Å². The fourth-order valence-electron chi connectivity index (χ4n) is 2.45. The molecule has 3 heteroatoms. The predicted molar refractivity (Wildman–Crippen MR) is 56.4 cm³/mol. The van der Waals surface area contributed by atoms with Crippen molar-refractivity contribution in [1.82, 2.24) is 4.90 Å². The highest BCUT2D eigenvalue weighted by Crippen LogP contribution is 2.28. The summed E-state index contributed by atoms with van der Waals surface area (Å²) in [6.07, 6.45) is 3.73. The highest BCUT2D eigenvalue weighted by atomic mass is 16.4. The third kappa shape index (κ3) is 2.63. The molecule has 1 rings (SSSR count). The van der Waals surface area contributed by atoms with E-state index in [-0.39, 0.29) is 12.1 Å². The molecule has 1 fully saturated rings. The van der Waals surface area contributed by atoms with Crippen molar-refractivity contribution in [3.63, 3.8) is 0 Å². The maximum Gasteiger partial charge on any atom is 0.407 e. The molecule has 0 aromatic carbocycles. The van der Waals surface area contributed by atoms with E-state index in [2.05, 4.69) is 6.92 Å². The van der Waals surface area contributed by atoms with Gasteiger partial charge in [-0.2, -0.15) is 0 Å². The Kier molecular flexibility index (Phi) is 3.78. The number of carbonyl (C=O) groups is 1. The van der Waals surface area contributed by atoms with Crippen molar-refractivity contribution in [3.05, 3.63) is 0 Å². The van der Waals surface area contributed by atoms with E-state index in [9.17, 15) is 4.79 Å². The SMILES string of the molecule is CC(C)N(C(=O)O)C1CCC[C@@H](C)C1. The van der Waals surface area contributed by atoms with Crippen LogP contribution in [0.1, 0.15) is 46.5 Å². The number of amides is 1. The van der Waals surface area contributed by atoms with Gasteiger partial charge in [-0.05, 0) is 32.6 Å². The second-order valence-corrected chi connectivity index (χ2v) is 4.71. The van der Waals surface area contributed by atoms with Crippen molar-refractivity contribution in [1.29, 1.82) is 0 Å². The molecule has 0 aliphatic heterocycles. The Balaban J connectivity index is 2.63. The molecule has 0 aromatic heterocycles. The molecule has 82 valence electrons. The molecular weight excluding hydrogens is 178 g/mol. The van der Waals surface area contributed by atoms with Gasteiger partial charge in [-0.25, -0.2) is 4.79 Å². The number of carboxylic acid groups (broad SMARTS) is 1. The van der Waals surface area contributed by atoms with Gasteiger partial charge in [-0.3, -0.25) is 0 Å². The van der Waals surface area contributed by atoms with Crippen LogP contribution < -0.4 is 0 Å². The normalized spacial score (nSPS) is 27.7. The van der Waals surface area contributed by atoms with Gasteiger partial charge in [-0.1, -0.05) is 19.8 Å². The van der Waals surface area contributed by atoms with E-state index in [4.69, 9.17) is 5.11 Å². The summed E-state index contributed by atoms with van der Waals surface area (Å²) >= 11 is 0. The minimum atomic E-state index is -0.765. The summed E-state index contributed by atoms with van der Waals surface area (Å²) in [5, 5.41) is 9.11. The Morgan fingerprint density at radius 1 is 1.43 bits per heavy atom. The van der Waals surface area contributed by atoms with Gasteiger partial charge in [0.1, 0.15) is 0 Å². The Morgan fingerprint density at radius 2 is 2.07 bits per heavy atom. The van der Waals surface area contributed by atoms with E-state index in [1.165, 1.54) is 12.8 Å². The zero-order valence-corrected chi connectivity index (χ0v) is 9.36. The monoisotopic (exact) mass is 199 g/mol. The minimum absolute atomic E-state index is 0.0998. The minimum Gasteiger partial charge on any atom is -0.465 e. The van der Waals surface area contributed by atoms with E-state index < -0.39 is 6.09 Å². The molecule has 1 unspecified atom stereocenters. The Labute approximate surface area is 86.1 Å². The summed E-state index contributed by atoms with van der Waals surface area (Å²) in [4.78, 5) is 12.7. The summed E-state index contributed by atoms with van der Waals surface area (Å²) in [6, 6.07) is 0.346. The van der Waals surface area contributed by atoms with Gasteiger partial charge in [0.25, 0.3) is 0 Å². The topological polar surface area (TPSA) is 40.5 Å². The third-order valence-electron chi connectivity index (χ3n) is 3.08. The molecule has 2 atom stereocenters. The highest BCUT2D eigenvalue weighted by molar-refractivity contribution is 5.65. The summed E-state index contributed by atoms with van der Waals surface area (Å²) in [6.45, 7) is 6.12. The van der Waals surface area contributed by atoms with Crippen LogP contribution in [0.2, 0.25) is 0 Å². The van der Waals surface area contributed by atoms with Crippen LogP contribution in [-0.2, 0) is 0 Å². The van der Waals surface area contributed by atoms with E-state index in [1.54, 1.807) is 4.90 Å². The average Bonchev–Trinajstić information content (AvgIpc) is 2.02. The molecule has 0 spiro atoms. The molecular formula is C11H21NO2. The first-order valence-corrected chi connectivity index (χ1v) is 5.53. The highest BCUT2D eigenvalue weighted by Gasteiger charge is 2.29. The van der Waals surface area contributed by atoms with Crippen molar-refractivity contribution in [3.8, 4) is 0 Å². The van der Waals surface area contributed by atoms with E-state index >= 15 is 0 Å². The molecule has 0 saturated heterocycles. The Hall–Kier alpha value is -0.730. The predicted octanol–water partition coefficient (Wildman–Crippen LogP) is 2.95. The van der Waals surface area contributed by atoms with Gasteiger partial charge in [0.2, 0.25) is 0 Å². The zero-order chi connectivity index (χ0) is 10.7. The van der Waals surface area contributed by atoms with Crippen molar-refractivity contribution >= 4 is 6.09 Å². The number of rotatable bonds is 2. The molecule has 1 aliphatic rings. The van der Waals surface area contributed by atoms with Crippen LogP contribution in [0.15, 0.2) is 0 Å². The van der Waals surface area contributed by atoms with Crippen LogP contribution in [-0.4, -0.2) is 28.2 Å². The van der Waals surface area contributed by atoms with Crippen molar-refractivity contribution in [2.75, 3.05) is 0 Å². The van der Waals surface area contributed by atoms with Gasteiger partial charge >= 0.3 is 6.09 Å². The van der Waals surface area contributed by atoms with Crippen LogP contribution in [0, 0.1) is 5.92 Å². The first kappa shape index (κ1) is 11.3. The molecule has 0 heterocycles. The first-order valence-electron chi connectivity index (χ1n) is 5.53. The van der Waals surface area contributed by atoms with E-state index in [0.717, 1.165) is 12.8 Å². The van der Waals surface area contributed by atoms with Crippen LogP contribution >= 0.6 is 0 Å². The van der Waals surface area contributed by atoms with E-state index in [0.29, 0.717) is 5.92 Å². The maximum atomic E-state index is 11.1. The summed E-state index contributed by atoms with van der Waals surface area (Å²) in [7, 11) is 0. The van der Waals surface area contributed by atoms with Crippen molar-refractivity contribution in [2.24, 2.45) is 5.92 Å². The second-order valence-electron chi connectivity index (χ2n) is 4.71. The lowest BCUT2D eigenvalue weighted by molar-refractivity contribution is 0.0846. The van der Waals surface area contributed by atoms with Gasteiger partial charge in [0.15, 0.2) is 0 Å². The quantitative estimate of drug-likeness (QED) is 0.742. The molecule has 1 N–H and O–H groups in total. The van der Waals surface area contributed by atoms with Gasteiger partial charge in [0, 0.05) is 12.1 Å². The molecule has 14 heavy (non-hydrogen) atoms. The maximum absolute atomic E-state index is 11.1. The van der Waals surface area contributed by atoms with Gasteiger partial charge in [0.05, 0.1) is 0 Å². The molecule has 1 aliphatic carbocycles. The van der Waals surface area contributed by atoms with Crippen LogP contribution in [0.3, 0.4) is 0 Å². The lowest BCUT2D eigenvalue weighted by Gasteiger charge is -2.37. The fourth-order valence-corrected chi connectivity index (χ4v) is 2.45. The molecule has 0 radical (unpaired) electrons. The van der Waals surface area contributed by atoms with Crippen LogP contribution in [0.4, 0.5) is 4.79 Å². The molecule has 1 saturated carbocycles. The number of hydrogen-bond acceptors (Lipinski definition) is 1. The van der Waals surface area contributed by atoms with Crippen LogP contribution in [0.5, 0.6) is 0 Å². The van der Waals surface area contributed by atoms with Gasteiger partial charge < -0.3 is 10.0 Å². The summed E-state index contributed by atoms with van der Waals surface area (Å²) < 4.78 is 0. The smallest absolute Gasteiger partial charge is 0.407 e. The molecule has 3 nitrogen and oxygen atoms in total. The van der Waals surface area contributed by atoms with Crippen LogP contribution in [0.25, 0.3) is 0 Å². The average molecular weight is 199 g/mol. The van der Waals surface area contributed by atoms with E-state index in [1.807, 2.05) is 13.8 Å². The lowest BCUT2D eigenvalue weighted by Crippen LogP contribution is -2.46. The Morgan fingerprint density at radius 3 is 2.50 bits per heavy atom. The first-order chi connectivity index (χ1) is 6.52. The molecule has 0 bridgehead atoms. The second kappa shape index (κ2) is 4.67. The van der Waals surface area contributed by atoms with Gasteiger partial charge in [-0.15, -0.1) is 0 Å². The third-order valence-corrected chi connectivity index (χ3v) is 3.08.